The van der Waals surface area contributed by atoms with E-state index in [1.165, 1.54) is 0 Å². The Labute approximate surface area is 114 Å². The van der Waals surface area contributed by atoms with Crippen LogP contribution >= 0.6 is 27.3 Å². The van der Waals surface area contributed by atoms with E-state index in [4.69, 9.17) is 4.74 Å². The third kappa shape index (κ3) is 3.63. The third-order valence-electron chi connectivity index (χ3n) is 2.36. The van der Waals surface area contributed by atoms with Crippen molar-refractivity contribution >= 4 is 27.3 Å². The molecule has 2 aromatic rings. The van der Waals surface area contributed by atoms with E-state index in [1.54, 1.807) is 11.3 Å². The lowest BCUT2D eigenvalue weighted by Gasteiger charge is -1.98. The maximum Gasteiger partial charge on any atom is 0.0955 e. The summed E-state index contributed by atoms with van der Waals surface area (Å²) in [4.78, 5) is 4.61. The van der Waals surface area contributed by atoms with Crippen molar-refractivity contribution in [2.24, 2.45) is 0 Å². The molecule has 0 saturated heterocycles. The fourth-order valence-electron chi connectivity index (χ4n) is 1.48. The standard InChI is InChI=1S/C13H14BrNOS/c1-2-16-8-7-13-15-12(9-17-13)10-3-5-11(14)6-4-10/h3-6,9H,2,7-8H2,1H3. The Morgan fingerprint density at radius 2 is 2.06 bits per heavy atom. The third-order valence-corrected chi connectivity index (χ3v) is 3.79. The highest BCUT2D eigenvalue weighted by atomic mass is 79.9. The van der Waals surface area contributed by atoms with Crippen LogP contribution < -0.4 is 0 Å². The van der Waals surface area contributed by atoms with Gasteiger partial charge in [-0.1, -0.05) is 28.1 Å². The Morgan fingerprint density at radius 1 is 1.29 bits per heavy atom. The topological polar surface area (TPSA) is 22.1 Å². The van der Waals surface area contributed by atoms with Gasteiger partial charge in [0.25, 0.3) is 0 Å². The quantitative estimate of drug-likeness (QED) is 0.774. The average Bonchev–Trinajstić information content (AvgIpc) is 2.79. The van der Waals surface area contributed by atoms with Gasteiger partial charge < -0.3 is 4.74 Å². The highest BCUT2D eigenvalue weighted by Crippen LogP contribution is 2.23. The molecule has 0 N–H and O–H groups in total. The largest absolute Gasteiger partial charge is 0.381 e. The Hall–Kier alpha value is -0.710. The van der Waals surface area contributed by atoms with E-state index in [9.17, 15) is 0 Å². The lowest BCUT2D eigenvalue weighted by atomic mass is 10.2. The minimum atomic E-state index is 0.754. The molecule has 0 aliphatic heterocycles. The molecule has 4 heteroatoms. The number of ether oxygens (including phenoxy) is 1. The normalized spacial score (nSPS) is 10.7. The molecular weight excluding hydrogens is 298 g/mol. The van der Waals surface area contributed by atoms with Crippen LogP contribution in [-0.2, 0) is 11.2 Å². The lowest BCUT2D eigenvalue weighted by Crippen LogP contribution is -1.97. The number of thiazole rings is 1. The molecule has 0 radical (unpaired) electrons. The zero-order valence-corrected chi connectivity index (χ0v) is 12.1. The molecule has 0 bridgehead atoms. The van der Waals surface area contributed by atoms with E-state index < -0.39 is 0 Å². The van der Waals surface area contributed by atoms with Gasteiger partial charge >= 0.3 is 0 Å². The summed E-state index contributed by atoms with van der Waals surface area (Å²) in [5, 5.41) is 3.24. The SMILES string of the molecule is CCOCCc1nc(-c2ccc(Br)cc2)cs1. The Balaban J connectivity index is 2.04. The summed E-state index contributed by atoms with van der Waals surface area (Å²) in [6.07, 6.45) is 0.898. The van der Waals surface area contributed by atoms with Gasteiger partial charge in [0.15, 0.2) is 0 Å². The second-order valence-corrected chi connectivity index (χ2v) is 5.44. The first-order chi connectivity index (χ1) is 8.29. The molecule has 0 unspecified atom stereocenters. The molecular formula is C13H14BrNOS. The predicted molar refractivity (Wildman–Crippen MR) is 75.4 cm³/mol. The molecule has 1 heterocycles. The summed E-state index contributed by atoms with van der Waals surface area (Å²) < 4.78 is 6.42. The van der Waals surface area contributed by atoms with Crippen LogP contribution in [0.2, 0.25) is 0 Å². The highest BCUT2D eigenvalue weighted by molar-refractivity contribution is 9.10. The molecule has 90 valence electrons. The van der Waals surface area contributed by atoms with Gasteiger partial charge in [0.2, 0.25) is 0 Å². The minimum absolute atomic E-state index is 0.754. The molecule has 0 aliphatic rings. The number of rotatable bonds is 5. The molecule has 1 aromatic heterocycles. The van der Waals surface area contributed by atoms with Gasteiger partial charge in [-0.05, 0) is 19.1 Å². The van der Waals surface area contributed by atoms with Crippen molar-refractivity contribution in [1.82, 2.24) is 4.98 Å². The van der Waals surface area contributed by atoms with Crippen LogP contribution in [0.4, 0.5) is 0 Å². The summed E-state index contributed by atoms with van der Waals surface area (Å²) in [5.74, 6) is 0. The number of hydrogen-bond acceptors (Lipinski definition) is 3. The van der Waals surface area contributed by atoms with Crippen molar-refractivity contribution in [3.63, 3.8) is 0 Å². The predicted octanol–water partition coefficient (Wildman–Crippen LogP) is 4.15. The fourth-order valence-corrected chi connectivity index (χ4v) is 2.54. The van der Waals surface area contributed by atoms with Crippen molar-refractivity contribution in [3.05, 3.63) is 39.1 Å². The maximum atomic E-state index is 5.33. The minimum Gasteiger partial charge on any atom is -0.381 e. The van der Waals surface area contributed by atoms with Crippen molar-refractivity contribution in [3.8, 4) is 11.3 Å². The van der Waals surface area contributed by atoms with Crippen LogP contribution in [0.15, 0.2) is 34.1 Å². The molecule has 0 atom stereocenters. The second-order valence-electron chi connectivity index (χ2n) is 3.58. The first-order valence-electron chi connectivity index (χ1n) is 5.57. The van der Waals surface area contributed by atoms with Crippen LogP contribution in [0.5, 0.6) is 0 Å². The van der Waals surface area contributed by atoms with Gasteiger partial charge in [0, 0.05) is 28.4 Å². The van der Waals surface area contributed by atoms with E-state index in [1.807, 2.05) is 19.1 Å². The first-order valence-corrected chi connectivity index (χ1v) is 7.25. The zero-order valence-electron chi connectivity index (χ0n) is 9.65. The summed E-state index contributed by atoms with van der Waals surface area (Å²) in [6.45, 7) is 3.53. The zero-order chi connectivity index (χ0) is 12.1. The number of nitrogens with zero attached hydrogens (tertiary/aromatic N) is 1. The Bertz CT molecular complexity index is 467. The van der Waals surface area contributed by atoms with Gasteiger partial charge in [-0.25, -0.2) is 4.98 Å². The molecule has 0 spiro atoms. The van der Waals surface area contributed by atoms with E-state index in [0.717, 1.165) is 40.4 Å². The molecule has 0 aliphatic carbocycles. The van der Waals surface area contributed by atoms with Crippen LogP contribution in [0.25, 0.3) is 11.3 Å². The van der Waals surface area contributed by atoms with Crippen LogP contribution in [-0.4, -0.2) is 18.2 Å². The monoisotopic (exact) mass is 311 g/mol. The number of halogens is 1. The fraction of sp³-hybridized carbons (Fsp3) is 0.308. The number of aromatic nitrogens is 1. The summed E-state index contributed by atoms with van der Waals surface area (Å²) in [7, 11) is 0. The maximum absolute atomic E-state index is 5.33. The van der Waals surface area contributed by atoms with Gasteiger partial charge in [-0.2, -0.15) is 0 Å². The van der Waals surface area contributed by atoms with Crippen molar-refractivity contribution in [1.29, 1.82) is 0 Å². The van der Waals surface area contributed by atoms with E-state index in [0.29, 0.717) is 0 Å². The summed E-state index contributed by atoms with van der Waals surface area (Å²) in [6, 6.07) is 8.22. The van der Waals surface area contributed by atoms with Gasteiger partial charge in [-0.15, -0.1) is 11.3 Å². The molecule has 2 rings (SSSR count). The molecule has 1 aromatic carbocycles. The average molecular weight is 312 g/mol. The first kappa shape index (κ1) is 12.7. The van der Waals surface area contributed by atoms with Gasteiger partial charge in [0.1, 0.15) is 0 Å². The summed E-state index contributed by atoms with van der Waals surface area (Å²) in [5.41, 5.74) is 2.21. The molecule has 0 saturated carbocycles. The highest BCUT2D eigenvalue weighted by Gasteiger charge is 2.04. The summed E-state index contributed by atoms with van der Waals surface area (Å²) >= 11 is 5.13. The van der Waals surface area contributed by atoms with Crippen molar-refractivity contribution in [2.45, 2.75) is 13.3 Å². The lowest BCUT2D eigenvalue weighted by molar-refractivity contribution is 0.151. The van der Waals surface area contributed by atoms with Crippen molar-refractivity contribution in [2.75, 3.05) is 13.2 Å². The van der Waals surface area contributed by atoms with E-state index in [2.05, 4.69) is 38.4 Å². The van der Waals surface area contributed by atoms with Crippen LogP contribution in [0, 0.1) is 0 Å². The number of benzene rings is 1. The van der Waals surface area contributed by atoms with Gasteiger partial charge in [0.05, 0.1) is 17.3 Å². The molecule has 17 heavy (non-hydrogen) atoms. The van der Waals surface area contributed by atoms with Crippen molar-refractivity contribution < 1.29 is 4.74 Å². The molecule has 2 nitrogen and oxygen atoms in total. The molecule has 0 fully saturated rings. The number of hydrogen-bond donors (Lipinski definition) is 0. The van der Waals surface area contributed by atoms with E-state index >= 15 is 0 Å². The van der Waals surface area contributed by atoms with Gasteiger partial charge in [-0.3, -0.25) is 0 Å². The van der Waals surface area contributed by atoms with Crippen LogP contribution in [0.1, 0.15) is 11.9 Å². The Morgan fingerprint density at radius 3 is 2.76 bits per heavy atom. The van der Waals surface area contributed by atoms with Crippen LogP contribution in [0.3, 0.4) is 0 Å². The smallest absolute Gasteiger partial charge is 0.0955 e. The van der Waals surface area contributed by atoms with E-state index in [-0.39, 0.29) is 0 Å². The Kier molecular flexibility index (Phi) is 4.71. The second kappa shape index (κ2) is 6.28. The molecule has 0 amide bonds.